The summed E-state index contributed by atoms with van der Waals surface area (Å²) in [5.41, 5.74) is 9.38. The highest BCUT2D eigenvalue weighted by atomic mass is 35.5. The van der Waals surface area contributed by atoms with Crippen LogP contribution in [0.4, 0.5) is 5.69 Å². The van der Waals surface area contributed by atoms with Gasteiger partial charge in [-0.2, -0.15) is 0 Å². The lowest BCUT2D eigenvalue weighted by atomic mass is 9.94. The standard InChI is InChI=1S/C18H23ClN2/c1-13-8-9-16(11-18(13)19)21-17(12-20)10-14(2)15-6-4-3-5-7-15/h3-9,11,14,17,21H,10,12,20H2,1-2H3. The molecule has 2 nitrogen and oxygen atoms in total. The second-order valence-electron chi connectivity index (χ2n) is 5.59. The third kappa shape index (κ3) is 4.48. The van der Waals surface area contributed by atoms with Crippen LogP contribution in [-0.4, -0.2) is 12.6 Å². The minimum absolute atomic E-state index is 0.235. The Morgan fingerprint density at radius 3 is 2.48 bits per heavy atom. The Kier molecular flexibility index (Phi) is 5.66. The van der Waals surface area contributed by atoms with E-state index in [9.17, 15) is 0 Å². The maximum atomic E-state index is 6.17. The summed E-state index contributed by atoms with van der Waals surface area (Å²) < 4.78 is 0. The zero-order chi connectivity index (χ0) is 15.2. The first kappa shape index (κ1) is 15.9. The number of anilines is 1. The van der Waals surface area contributed by atoms with Crippen molar-refractivity contribution < 1.29 is 0 Å². The van der Waals surface area contributed by atoms with Crippen LogP contribution in [0.5, 0.6) is 0 Å². The van der Waals surface area contributed by atoms with E-state index in [2.05, 4.69) is 42.6 Å². The van der Waals surface area contributed by atoms with Gasteiger partial charge in [0.15, 0.2) is 0 Å². The predicted molar refractivity (Wildman–Crippen MR) is 92.1 cm³/mol. The number of benzene rings is 2. The van der Waals surface area contributed by atoms with E-state index in [-0.39, 0.29) is 6.04 Å². The predicted octanol–water partition coefficient (Wildman–Crippen LogP) is 4.58. The molecule has 0 amide bonds. The van der Waals surface area contributed by atoms with Crippen molar-refractivity contribution in [3.63, 3.8) is 0 Å². The van der Waals surface area contributed by atoms with Gasteiger partial charge in [-0.3, -0.25) is 0 Å². The van der Waals surface area contributed by atoms with Crippen molar-refractivity contribution in [3.05, 3.63) is 64.7 Å². The average molecular weight is 303 g/mol. The number of hydrogen-bond donors (Lipinski definition) is 2. The third-order valence-electron chi connectivity index (χ3n) is 3.83. The topological polar surface area (TPSA) is 38.0 Å². The lowest BCUT2D eigenvalue weighted by Crippen LogP contribution is -2.30. The molecule has 0 saturated carbocycles. The van der Waals surface area contributed by atoms with Crippen LogP contribution in [0.1, 0.15) is 30.4 Å². The summed E-state index contributed by atoms with van der Waals surface area (Å²) >= 11 is 6.17. The molecular formula is C18H23ClN2. The minimum atomic E-state index is 0.235. The summed E-state index contributed by atoms with van der Waals surface area (Å²) in [6.45, 7) is 4.84. The molecule has 0 aliphatic rings. The first-order valence-corrected chi connectivity index (χ1v) is 7.75. The van der Waals surface area contributed by atoms with Gasteiger partial charge in [0.25, 0.3) is 0 Å². The molecule has 3 N–H and O–H groups in total. The van der Waals surface area contributed by atoms with Crippen LogP contribution in [0.25, 0.3) is 0 Å². The monoisotopic (exact) mass is 302 g/mol. The maximum Gasteiger partial charge on any atom is 0.0455 e. The van der Waals surface area contributed by atoms with Crippen LogP contribution in [0.2, 0.25) is 5.02 Å². The molecule has 0 bridgehead atoms. The Hall–Kier alpha value is -1.51. The molecule has 2 unspecified atom stereocenters. The molecule has 21 heavy (non-hydrogen) atoms. The Morgan fingerprint density at radius 1 is 1.14 bits per heavy atom. The fourth-order valence-corrected chi connectivity index (χ4v) is 2.66. The van der Waals surface area contributed by atoms with Crippen molar-refractivity contribution in [3.8, 4) is 0 Å². The smallest absolute Gasteiger partial charge is 0.0455 e. The summed E-state index contributed by atoms with van der Waals surface area (Å²) in [6, 6.07) is 16.8. The molecule has 2 atom stereocenters. The summed E-state index contributed by atoms with van der Waals surface area (Å²) in [4.78, 5) is 0. The maximum absolute atomic E-state index is 6.17. The van der Waals surface area contributed by atoms with Gasteiger partial charge in [0.1, 0.15) is 0 Å². The molecule has 2 rings (SSSR count). The Labute approximate surface area is 132 Å². The number of nitrogens with two attached hydrogens (primary N) is 1. The average Bonchev–Trinajstić information content (AvgIpc) is 2.51. The van der Waals surface area contributed by atoms with Gasteiger partial charge in [0.2, 0.25) is 0 Å². The van der Waals surface area contributed by atoms with Gasteiger partial charge < -0.3 is 11.1 Å². The summed E-state index contributed by atoms with van der Waals surface area (Å²) in [5, 5.41) is 4.27. The van der Waals surface area contributed by atoms with Crippen LogP contribution in [-0.2, 0) is 0 Å². The first-order chi connectivity index (χ1) is 10.1. The fraction of sp³-hybridized carbons (Fsp3) is 0.333. The zero-order valence-electron chi connectivity index (χ0n) is 12.6. The van der Waals surface area contributed by atoms with Gasteiger partial charge in [-0.05, 0) is 42.5 Å². The summed E-state index contributed by atoms with van der Waals surface area (Å²) in [7, 11) is 0. The van der Waals surface area contributed by atoms with E-state index < -0.39 is 0 Å². The van der Waals surface area contributed by atoms with E-state index in [1.165, 1.54) is 5.56 Å². The molecule has 0 fully saturated rings. The van der Waals surface area contributed by atoms with Gasteiger partial charge in [-0.25, -0.2) is 0 Å². The fourth-order valence-electron chi connectivity index (χ4n) is 2.48. The Balaban J connectivity index is 2.01. The molecule has 0 radical (unpaired) electrons. The third-order valence-corrected chi connectivity index (χ3v) is 4.24. The van der Waals surface area contributed by atoms with Crippen molar-refractivity contribution in [2.24, 2.45) is 5.73 Å². The number of halogens is 1. The molecule has 0 saturated heterocycles. The molecule has 0 heterocycles. The highest BCUT2D eigenvalue weighted by Crippen LogP contribution is 2.24. The molecule has 0 spiro atoms. The minimum Gasteiger partial charge on any atom is -0.381 e. The summed E-state index contributed by atoms with van der Waals surface area (Å²) in [6.07, 6.45) is 0.992. The molecule has 3 heteroatoms. The molecular weight excluding hydrogens is 280 g/mol. The van der Waals surface area contributed by atoms with Crippen LogP contribution >= 0.6 is 11.6 Å². The van der Waals surface area contributed by atoms with Crippen LogP contribution < -0.4 is 11.1 Å². The van der Waals surface area contributed by atoms with Crippen LogP contribution in [0.15, 0.2) is 48.5 Å². The highest BCUT2D eigenvalue weighted by Gasteiger charge is 2.13. The molecule has 2 aromatic rings. The number of nitrogens with one attached hydrogen (secondary N) is 1. The number of hydrogen-bond acceptors (Lipinski definition) is 2. The van der Waals surface area contributed by atoms with Crippen molar-refractivity contribution in [2.45, 2.75) is 32.2 Å². The summed E-state index contributed by atoms with van der Waals surface area (Å²) in [5.74, 6) is 0.466. The Bertz CT molecular complexity index is 569. The number of rotatable bonds is 6. The van der Waals surface area contributed by atoms with Crippen molar-refractivity contribution in [2.75, 3.05) is 11.9 Å². The second kappa shape index (κ2) is 7.48. The van der Waals surface area contributed by atoms with E-state index in [1.807, 2.05) is 25.1 Å². The van der Waals surface area contributed by atoms with Gasteiger partial charge in [0.05, 0.1) is 0 Å². The van der Waals surface area contributed by atoms with E-state index >= 15 is 0 Å². The lowest BCUT2D eigenvalue weighted by Gasteiger charge is -2.22. The normalized spacial score (nSPS) is 13.7. The Morgan fingerprint density at radius 2 is 1.86 bits per heavy atom. The van der Waals surface area contributed by atoms with Gasteiger partial charge >= 0.3 is 0 Å². The van der Waals surface area contributed by atoms with Crippen LogP contribution in [0, 0.1) is 6.92 Å². The van der Waals surface area contributed by atoms with Gasteiger partial charge in [-0.1, -0.05) is 54.9 Å². The van der Waals surface area contributed by atoms with E-state index in [0.717, 1.165) is 22.7 Å². The molecule has 2 aromatic carbocycles. The van der Waals surface area contributed by atoms with E-state index in [1.54, 1.807) is 0 Å². The van der Waals surface area contributed by atoms with Crippen molar-refractivity contribution in [1.29, 1.82) is 0 Å². The van der Waals surface area contributed by atoms with Crippen LogP contribution in [0.3, 0.4) is 0 Å². The highest BCUT2D eigenvalue weighted by molar-refractivity contribution is 6.31. The SMILES string of the molecule is Cc1ccc(NC(CN)CC(C)c2ccccc2)cc1Cl. The van der Waals surface area contributed by atoms with Crippen molar-refractivity contribution in [1.82, 2.24) is 0 Å². The van der Waals surface area contributed by atoms with Gasteiger partial charge in [-0.15, -0.1) is 0 Å². The number of aryl methyl sites for hydroxylation is 1. The first-order valence-electron chi connectivity index (χ1n) is 7.38. The van der Waals surface area contributed by atoms with E-state index in [4.69, 9.17) is 17.3 Å². The molecule has 0 aliphatic heterocycles. The molecule has 0 aliphatic carbocycles. The second-order valence-corrected chi connectivity index (χ2v) is 6.00. The quantitative estimate of drug-likeness (QED) is 0.819. The van der Waals surface area contributed by atoms with E-state index in [0.29, 0.717) is 12.5 Å². The van der Waals surface area contributed by atoms with Gasteiger partial charge in [0, 0.05) is 23.3 Å². The van der Waals surface area contributed by atoms with Crippen molar-refractivity contribution >= 4 is 17.3 Å². The lowest BCUT2D eigenvalue weighted by molar-refractivity contribution is 0.586. The largest absolute Gasteiger partial charge is 0.381 e. The zero-order valence-corrected chi connectivity index (χ0v) is 13.4. The molecule has 112 valence electrons. The molecule has 0 aromatic heterocycles.